The average Bonchev–Trinajstić information content (AvgIpc) is 2.65. The van der Waals surface area contributed by atoms with Gasteiger partial charge < -0.3 is 10.1 Å². The van der Waals surface area contributed by atoms with Crippen LogP contribution in [0.15, 0.2) is 48.5 Å². The summed E-state index contributed by atoms with van der Waals surface area (Å²) in [5.41, 5.74) is 0.614. The Morgan fingerprint density at radius 3 is 2.47 bits per heavy atom. The van der Waals surface area contributed by atoms with Crippen LogP contribution in [0.2, 0.25) is 0 Å². The molecule has 0 saturated heterocycles. The van der Waals surface area contributed by atoms with Gasteiger partial charge in [0, 0.05) is 12.0 Å². The molecule has 1 heterocycles. The third kappa shape index (κ3) is 4.75. The zero-order chi connectivity index (χ0) is 22.1. The molecule has 3 rings (SSSR count). The highest BCUT2D eigenvalue weighted by atomic mass is 32.2. The van der Waals surface area contributed by atoms with Crippen molar-refractivity contribution in [1.82, 2.24) is 5.32 Å². The lowest BCUT2D eigenvalue weighted by Gasteiger charge is -2.39. The van der Waals surface area contributed by atoms with E-state index >= 15 is 0 Å². The number of ether oxygens (including phenoxy) is 1. The second-order valence-electron chi connectivity index (χ2n) is 8.12. The molecule has 0 fully saturated rings. The van der Waals surface area contributed by atoms with Crippen LogP contribution in [-0.2, 0) is 14.8 Å². The molecule has 8 heteroatoms. The van der Waals surface area contributed by atoms with E-state index in [0.29, 0.717) is 12.2 Å². The van der Waals surface area contributed by atoms with Gasteiger partial charge in [0.2, 0.25) is 15.9 Å². The first-order valence-corrected chi connectivity index (χ1v) is 11.7. The molecule has 0 unspecified atom stereocenters. The number of carbonyl (C=O) groups excluding carboxylic acids is 1. The largest absolute Gasteiger partial charge is 0.487 e. The number of anilines is 1. The molecule has 0 saturated carbocycles. The summed E-state index contributed by atoms with van der Waals surface area (Å²) in [5.74, 6) is -0.193. The summed E-state index contributed by atoms with van der Waals surface area (Å²) >= 11 is 0. The fourth-order valence-electron chi connectivity index (χ4n) is 3.85. The first-order valence-electron chi connectivity index (χ1n) is 9.85. The number of fused-ring (bicyclic) bond motifs is 1. The lowest BCUT2D eigenvalue weighted by atomic mass is 9.89. The Morgan fingerprint density at radius 1 is 1.23 bits per heavy atom. The number of benzene rings is 2. The van der Waals surface area contributed by atoms with Gasteiger partial charge in [-0.05, 0) is 50.6 Å². The highest BCUT2D eigenvalue weighted by Crippen LogP contribution is 2.39. The number of halogens is 1. The Morgan fingerprint density at radius 2 is 1.87 bits per heavy atom. The van der Waals surface area contributed by atoms with Crippen molar-refractivity contribution in [1.29, 1.82) is 0 Å². The molecule has 0 aromatic heterocycles. The minimum Gasteiger partial charge on any atom is -0.487 e. The van der Waals surface area contributed by atoms with Crippen molar-refractivity contribution in [2.45, 2.75) is 51.3 Å². The SMILES string of the molecule is CC[C@H](C(=O)N[C@H]1CC(C)(C)Oc2ccccc21)N(c1ccc(F)cc1)S(C)(=O)=O. The zero-order valence-corrected chi connectivity index (χ0v) is 18.4. The number of para-hydroxylation sites is 1. The molecule has 1 N–H and O–H groups in total. The van der Waals surface area contributed by atoms with Gasteiger partial charge >= 0.3 is 0 Å². The van der Waals surface area contributed by atoms with Crippen LogP contribution < -0.4 is 14.4 Å². The van der Waals surface area contributed by atoms with E-state index in [2.05, 4.69) is 5.32 Å². The smallest absolute Gasteiger partial charge is 0.244 e. The van der Waals surface area contributed by atoms with E-state index in [1.165, 1.54) is 24.3 Å². The van der Waals surface area contributed by atoms with Crippen LogP contribution in [0.25, 0.3) is 0 Å². The maximum Gasteiger partial charge on any atom is 0.244 e. The maximum absolute atomic E-state index is 13.4. The molecule has 1 amide bonds. The third-order valence-electron chi connectivity index (χ3n) is 5.10. The summed E-state index contributed by atoms with van der Waals surface area (Å²) in [4.78, 5) is 13.3. The first-order chi connectivity index (χ1) is 14.0. The molecule has 30 heavy (non-hydrogen) atoms. The van der Waals surface area contributed by atoms with Gasteiger partial charge in [0.15, 0.2) is 0 Å². The average molecular weight is 435 g/mol. The van der Waals surface area contributed by atoms with Crippen molar-refractivity contribution in [3.63, 3.8) is 0 Å². The first kappa shape index (κ1) is 22.1. The molecule has 0 aliphatic carbocycles. The molecule has 2 atom stereocenters. The van der Waals surface area contributed by atoms with Gasteiger partial charge in [0.1, 0.15) is 23.2 Å². The summed E-state index contributed by atoms with van der Waals surface area (Å²) in [6, 6.07) is 11.3. The van der Waals surface area contributed by atoms with E-state index in [-0.39, 0.29) is 18.2 Å². The van der Waals surface area contributed by atoms with E-state index in [1.54, 1.807) is 6.92 Å². The van der Waals surface area contributed by atoms with Gasteiger partial charge in [-0.2, -0.15) is 0 Å². The lowest BCUT2D eigenvalue weighted by molar-refractivity contribution is -0.123. The maximum atomic E-state index is 13.4. The molecule has 1 aliphatic rings. The summed E-state index contributed by atoms with van der Waals surface area (Å²) in [5, 5.41) is 3.02. The Kier molecular flexibility index (Phi) is 6.08. The zero-order valence-electron chi connectivity index (χ0n) is 17.6. The predicted octanol–water partition coefficient (Wildman–Crippen LogP) is 3.79. The van der Waals surface area contributed by atoms with Crippen LogP contribution >= 0.6 is 0 Å². The predicted molar refractivity (Wildman–Crippen MR) is 114 cm³/mol. The summed E-state index contributed by atoms with van der Waals surface area (Å²) < 4.78 is 45.5. The second-order valence-corrected chi connectivity index (χ2v) is 9.98. The molecule has 2 aromatic rings. The van der Waals surface area contributed by atoms with Crippen LogP contribution in [0.4, 0.5) is 10.1 Å². The quantitative estimate of drug-likeness (QED) is 0.751. The van der Waals surface area contributed by atoms with Crippen molar-refractivity contribution in [3.05, 3.63) is 59.9 Å². The van der Waals surface area contributed by atoms with Gasteiger partial charge in [0.05, 0.1) is 18.0 Å². The minimum absolute atomic E-state index is 0.244. The van der Waals surface area contributed by atoms with E-state index < -0.39 is 33.4 Å². The Bertz CT molecular complexity index is 1020. The topological polar surface area (TPSA) is 75.7 Å². The Labute approximate surface area is 177 Å². The third-order valence-corrected chi connectivity index (χ3v) is 6.28. The fraction of sp³-hybridized carbons (Fsp3) is 0.409. The number of hydrogen-bond donors (Lipinski definition) is 1. The fourth-order valence-corrected chi connectivity index (χ4v) is 5.06. The molecular weight excluding hydrogens is 407 g/mol. The molecule has 2 aromatic carbocycles. The van der Waals surface area contributed by atoms with E-state index in [4.69, 9.17) is 4.74 Å². The molecule has 1 aliphatic heterocycles. The molecule has 0 spiro atoms. The van der Waals surface area contributed by atoms with Gasteiger partial charge in [-0.3, -0.25) is 9.10 Å². The van der Waals surface area contributed by atoms with Crippen LogP contribution in [0.1, 0.15) is 45.2 Å². The lowest BCUT2D eigenvalue weighted by Crippen LogP contribution is -2.51. The van der Waals surface area contributed by atoms with E-state index in [0.717, 1.165) is 16.1 Å². The molecule has 0 radical (unpaired) electrons. The minimum atomic E-state index is -3.79. The van der Waals surface area contributed by atoms with Crippen LogP contribution in [0.3, 0.4) is 0 Å². The Hall–Kier alpha value is -2.61. The Balaban J connectivity index is 1.92. The van der Waals surface area contributed by atoms with Gasteiger partial charge in [-0.1, -0.05) is 25.1 Å². The second kappa shape index (κ2) is 8.26. The monoisotopic (exact) mass is 434 g/mol. The molecule has 6 nitrogen and oxygen atoms in total. The van der Waals surface area contributed by atoms with Crippen molar-refractivity contribution >= 4 is 21.6 Å². The van der Waals surface area contributed by atoms with E-state index in [1.807, 2.05) is 38.1 Å². The number of sulfonamides is 1. The van der Waals surface area contributed by atoms with Crippen LogP contribution in [0.5, 0.6) is 5.75 Å². The van der Waals surface area contributed by atoms with Crippen molar-refractivity contribution < 1.29 is 22.3 Å². The molecule has 0 bridgehead atoms. The number of rotatable bonds is 6. The number of nitrogens with zero attached hydrogens (tertiary/aromatic N) is 1. The van der Waals surface area contributed by atoms with Gasteiger partial charge in [-0.15, -0.1) is 0 Å². The van der Waals surface area contributed by atoms with Crippen LogP contribution in [0, 0.1) is 5.82 Å². The van der Waals surface area contributed by atoms with Crippen molar-refractivity contribution in [2.24, 2.45) is 0 Å². The number of nitrogens with one attached hydrogen (secondary N) is 1. The standard InChI is InChI=1S/C22H27FN2O4S/c1-5-19(25(30(4,27)28)16-12-10-15(23)11-13-16)21(26)24-18-14-22(2,3)29-20-9-7-6-8-17(18)20/h6-13,18-19H,5,14H2,1-4H3,(H,24,26)/t18-,19+/m0/s1. The van der Waals surface area contributed by atoms with E-state index in [9.17, 15) is 17.6 Å². The van der Waals surface area contributed by atoms with Crippen molar-refractivity contribution in [3.8, 4) is 5.75 Å². The normalized spacial score (nSPS) is 18.6. The molecular formula is C22H27FN2O4S. The number of carbonyl (C=O) groups is 1. The van der Waals surface area contributed by atoms with Gasteiger partial charge in [-0.25, -0.2) is 12.8 Å². The number of amides is 1. The number of hydrogen-bond acceptors (Lipinski definition) is 4. The van der Waals surface area contributed by atoms with Crippen molar-refractivity contribution in [2.75, 3.05) is 10.6 Å². The highest BCUT2D eigenvalue weighted by Gasteiger charge is 2.37. The molecule has 162 valence electrons. The summed E-state index contributed by atoms with van der Waals surface area (Å²) in [6.07, 6.45) is 1.84. The summed E-state index contributed by atoms with van der Waals surface area (Å²) in [7, 11) is -3.79. The highest BCUT2D eigenvalue weighted by molar-refractivity contribution is 7.92. The van der Waals surface area contributed by atoms with Crippen LogP contribution in [-0.4, -0.2) is 32.2 Å². The summed E-state index contributed by atoms with van der Waals surface area (Å²) in [6.45, 7) is 5.63. The van der Waals surface area contributed by atoms with Gasteiger partial charge in [0.25, 0.3) is 0 Å².